The molecule has 2 heteroatoms. The summed E-state index contributed by atoms with van der Waals surface area (Å²) in [5, 5.41) is 17.4. The van der Waals surface area contributed by atoms with Gasteiger partial charge in [0.15, 0.2) is 0 Å². The van der Waals surface area contributed by atoms with E-state index in [1.807, 2.05) is 30.3 Å². The molecule has 0 bridgehead atoms. The highest BCUT2D eigenvalue weighted by Crippen LogP contribution is 2.09. The number of benzene rings is 1. The Kier molecular flexibility index (Phi) is 3.24. The third-order valence-electron chi connectivity index (χ3n) is 1.69. The summed E-state index contributed by atoms with van der Waals surface area (Å²) in [7, 11) is 0. The zero-order valence-electron chi connectivity index (χ0n) is 7.49. The van der Waals surface area contributed by atoms with Crippen molar-refractivity contribution >= 4 is 6.08 Å². The van der Waals surface area contributed by atoms with Crippen LogP contribution in [0.2, 0.25) is 0 Å². The van der Waals surface area contributed by atoms with Gasteiger partial charge in [-0.1, -0.05) is 18.2 Å². The Balaban J connectivity index is 2.97. The fourth-order valence-electron chi connectivity index (χ4n) is 1.06. The van der Waals surface area contributed by atoms with Crippen LogP contribution in [0.1, 0.15) is 18.1 Å². The van der Waals surface area contributed by atoms with E-state index in [1.165, 1.54) is 0 Å². The van der Waals surface area contributed by atoms with Gasteiger partial charge in [0, 0.05) is 5.57 Å². The van der Waals surface area contributed by atoms with Crippen molar-refractivity contribution in [1.82, 2.24) is 0 Å². The average Bonchev–Trinajstić information content (AvgIpc) is 2.18. The third-order valence-corrected chi connectivity index (χ3v) is 1.69. The molecule has 0 saturated carbocycles. The van der Waals surface area contributed by atoms with E-state index in [1.54, 1.807) is 13.0 Å². The Morgan fingerprint density at radius 1 is 1.62 bits per heavy atom. The van der Waals surface area contributed by atoms with Crippen molar-refractivity contribution in [3.63, 3.8) is 0 Å². The maximum Gasteiger partial charge on any atom is 0.0944 e. The standard InChI is InChI=1S/C11H11NO/c1-9(7-12)5-10-3-2-4-11(6-10)8-13/h2-6,13H,8H2,1H3. The van der Waals surface area contributed by atoms with Crippen LogP contribution in [-0.2, 0) is 6.61 Å². The van der Waals surface area contributed by atoms with Crippen molar-refractivity contribution in [3.05, 3.63) is 41.0 Å². The molecule has 66 valence electrons. The van der Waals surface area contributed by atoms with Crippen LogP contribution in [0.3, 0.4) is 0 Å². The Bertz CT molecular complexity index is 361. The molecule has 1 N–H and O–H groups in total. The molecule has 13 heavy (non-hydrogen) atoms. The monoisotopic (exact) mass is 173 g/mol. The van der Waals surface area contributed by atoms with E-state index < -0.39 is 0 Å². The first kappa shape index (κ1) is 9.50. The van der Waals surface area contributed by atoms with Gasteiger partial charge in [0.25, 0.3) is 0 Å². The summed E-state index contributed by atoms with van der Waals surface area (Å²) in [6.45, 7) is 1.79. The number of rotatable bonds is 2. The van der Waals surface area contributed by atoms with E-state index in [0.717, 1.165) is 11.1 Å². The summed E-state index contributed by atoms with van der Waals surface area (Å²) < 4.78 is 0. The first-order valence-electron chi connectivity index (χ1n) is 4.04. The maximum atomic E-state index is 8.87. The molecule has 0 saturated heterocycles. The Hall–Kier alpha value is -1.59. The second-order valence-corrected chi connectivity index (χ2v) is 2.84. The van der Waals surface area contributed by atoms with Crippen molar-refractivity contribution in [2.75, 3.05) is 0 Å². The van der Waals surface area contributed by atoms with Gasteiger partial charge in [0.1, 0.15) is 0 Å². The van der Waals surface area contributed by atoms with Crippen molar-refractivity contribution in [3.8, 4) is 6.07 Å². The Labute approximate surface area is 77.8 Å². The molecule has 0 aromatic heterocycles. The summed E-state index contributed by atoms with van der Waals surface area (Å²) in [4.78, 5) is 0. The van der Waals surface area contributed by atoms with Gasteiger partial charge < -0.3 is 5.11 Å². The molecule has 0 amide bonds. The van der Waals surface area contributed by atoms with Crippen LogP contribution in [0.25, 0.3) is 6.08 Å². The zero-order valence-corrected chi connectivity index (χ0v) is 7.49. The lowest BCUT2D eigenvalue weighted by atomic mass is 10.1. The Morgan fingerprint density at radius 3 is 3.00 bits per heavy atom. The summed E-state index contributed by atoms with van der Waals surface area (Å²) in [5.41, 5.74) is 2.47. The van der Waals surface area contributed by atoms with Gasteiger partial charge in [-0.2, -0.15) is 5.26 Å². The summed E-state index contributed by atoms with van der Waals surface area (Å²) in [5.74, 6) is 0. The molecule has 1 aromatic rings. The number of allylic oxidation sites excluding steroid dienone is 1. The van der Waals surface area contributed by atoms with Gasteiger partial charge >= 0.3 is 0 Å². The highest BCUT2D eigenvalue weighted by Gasteiger charge is 1.92. The lowest BCUT2D eigenvalue weighted by Gasteiger charge is -1.97. The molecule has 0 aliphatic heterocycles. The number of hydrogen-bond donors (Lipinski definition) is 1. The van der Waals surface area contributed by atoms with Gasteiger partial charge in [-0.3, -0.25) is 0 Å². The van der Waals surface area contributed by atoms with Crippen LogP contribution in [-0.4, -0.2) is 5.11 Å². The van der Waals surface area contributed by atoms with Gasteiger partial charge in [-0.15, -0.1) is 0 Å². The quantitative estimate of drug-likeness (QED) is 0.696. The van der Waals surface area contributed by atoms with Crippen molar-refractivity contribution in [1.29, 1.82) is 5.26 Å². The highest BCUT2D eigenvalue weighted by molar-refractivity contribution is 5.56. The minimum atomic E-state index is 0.0350. The lowest BCUT2D eigenvalue weighted by molar-refractivity contribution is 0.282. The fourth-order valence-corrected chi connectivity index (χ4v) is 1.06. The smallest absolute Gasteiger partial charge is 0.0944 e. The molecule has 0 atom stereocenters. The molecule has 0 aliphatic rings. The third kappa shape index (κ3) is 2.73. The zero-order chi connectivity index (χ0) is 9.68. The number of hydrogen-bond acceptors (Lipinski definition) is 2. The molecule has 0 unspecified atom stereocenters. The second-order valence-electron chi connectivity index (χ2n) is 2.84. The fraction of sp³-hybridized carbons (Fsp3) is 0.182. The summed E-state index contributed by atoms with van der Waals surface area (Å²) >= 11 is 0. The molecule has 0 radical (unpaired) electrons. The van der Waals surface area contributed by atoms with Gasteiger partial charge in [0.05, 0.1) is 12.7 Å². The predicted molar refractivity (Wildman–Crippen MR) is 51.6 cm³/mol. The van der Waals surface area contributed by atoms with Crippen molar-refractivity contribution in [2.45, 2.75) is 13.5 Å². The number of aliphatic hydroxyl groups excluding tert-OH is 1. The maximum absolute atomic E-state index is 8.87. The molecule has 0 heterocycles. The minimum absolute atomic E-state index is 0.0350. The van der Waals surface area contributed by atoms with Crippen molar-refractivity contribution in [2.24, 2.45) is 0 Å². The average molecular weight is 173 g/mol. The number of aliphatic hydroxyl groups is 1. The number of nitrogens with zero attached hydrogens (tertiary/aromatic N) is 1. The van der Waals surface area contributed by atoms with Gasteiger partial charge in [0.2, 0.25) is 0 Å². The van der Waals surface area contributed by atoms with Crippen LogP contribution in [0.5, 0.6) is 0 Å². The first-order chi connectivity index (χ1) is 6.26. The van der Waals surface area contributed by atoms with E-state index in [0.29, 0.717) is 5.57 Å². The first-order valence-corrected chi connectivity index (χ1v) is 4.04. The normalized spacial score (nSPS) is 11.0. The topological polar surface area (TPSA) is 44.0 Å². The SMILES string of the molecule is CC(C#N)=Cc1cccc(CO)c1. The highest BCUT2D eigenvalue weighted by atomic mass is 16.3. The summed E-state index contributed by atoms with van der Waals surface area (Å²) in [6, 6.07) is 9.52. The van der Waals surface area contributed by atoms with Crippen LogP contribution >= 0.6 is 0 Å². The predicted octanol–water partition coefficient (Wildman–Crippen LogP) is 2.11. The second kappa shape index (κ2) is 4.44. The molecular weight excluding hydrogens is 162 g/mol. The van der Waals surface area contributed by atoms with E-state index in [9.17, 15) is 0 Å². The molecular formula is C11H11NO. The molecule has 0 fully saturated rings. The van der Waals surface area contributed by atoms with Gasteiger partial charge in [-0.05, 0) is 30.2 Å². The molecule has 0 aliphatic carbocycles. The van der Waals surface area contributed by atoms with Crippen LogP contribution in [0, 0.1) is 11.3 Å². The van der Waals surface area contributed by atoms with E-state index in [2.05, 4.69) is 0 Å². The van der Waals surface area contributed by atoms with Crippen LogP contribution < -0.4 is 0 Å². The van der Waals surface area contributed by atoms with Crippen LogP contribution in [0.15, 0.2) is 29.8 Å². The van der Waals surface area contributed by atoms with Gasteiger partial charge in [-0.25, -0.2) is 0 Å². The van der Waals surface area contributed by atoms with E-state index in [-0.39, 0.29) is 6.61 Å². The molecule has 0 spiro atoms. The van der Waals surface area contributed by atoms with Crippen LogP contribution in [0.4, 0.5) is 0 Å². The van der Waals surface area contributed by atoms with E-state index >= 15 is 0 Å². The largest absolute Gasteiger partial charge is 0.392 e. The lowest BCUT2D eigenvalue weighted by Crippen LogP contribution is -1.83. The number of nitriles is 1. The molecule has 1 rings (SSSR count). The molecule has 1 aromatic carbocycles. The van der Waals surface area contributed by atoms with E-state index in [4.69, 9.17) is 10.4 Å². The molecule has 2 nitrogen and oxygen atoms in total. The Morgan fingerprint density at radius 2 is 2.38 bits per heavy atom. The summed E-state index contributed by atoms with van der Waals surface area (Å²) in [6.07, 6.45) is 1.79. The van der Waals surface area contributed by atoms with Crippen molar-refractivity contribution < 1.29 is 5.11 Å². The minimum Gasteiger partial charge on any atom is -0.392 e.